The highest BCUT2D eigenvalue weighted by Crippen LogP contribution is 2.26. The van der Waals surface area contributed by atoms with Crippen LogP contribution in [-0.2, 0) is 4.74 Å². The van der Waals surface area contributed by atoms with E-state index in [9.17, 15) is 9.90 Å². The number of phenols is 1. The molecule has 1 N–H and O–H groups in total. The van der Waals surface area contributed by atoms with Crippen molar-refractivity contribution in [2.75, 3.05) is 20.8 Å². The Labute approximate surface area is 118 Å². The van der Waals surface area contributed by atoms with E-state index in [0.717, 1.165) is 10.8 Å². The fourth-order valence-electron chi connectivity index (χ4n) is 2.14. The fourth-order valence-corrected chi connectivity index (χ4v) is 2.14. The second-order valence-electron chi connectivity index (χ2n) is 4.94. The van der Waals surface area contributed by atoms with Gasteiger partial charge in [0.15, 0.2) is 0 Å². The van der Waals surface area contributed by atoms with Crippen molar-refractivity contribution in [2.45, 2.75) is 13.0 Å². The number of benzene rings is 2. The topological polar surface area (TPSA) is 49.8 Å². The third-order valence-corrected chi connectivity index (χ3v) is 3.48. The number of likely N-dealkylation sites (N-methyl/N-ethyl adjacent to an activating group) is 1. The normalized spacial score (nSPS) is 12.3. The quantitative estimate of drug-likeness (QED) is 0.931. The molecule has 0 aliphatic carbocycles. The molecule has 0 bridgehead atoms. The minimum atomic E-state index is -0.210. The van der Waals surface area contributed by atoms with Crippen molar-refractivity contribution in [3.05, 3.63) is 42.0 Å². The number of ether oxygens (including phenoxy) is 1. The number of fused-ring (bicyclic) bond motifs is 1. The van der Waals surface area contributed by atoms with Gasteiger partial charge in [0.2, 0.25) is 0 Å². The molecule has 0 aromatic heterocycles. The Morgan fingerprint density at radius 2 is 1.90 bits per heavy atom. The number of methoxy groups -OCH3 is 1. The van der Waals surface area contributed by atoms with Gasteiger partial charge < -0.3 is 14.7 Å². The molecule has 0 aliphatic rings. The molecule has 0 saturated heterocycles. The van der Waals surface area contributed by atoms with Crippen LogP contribution in [0.1, 0.15) is 17.3 Å². The SMILES string of the molecule is COCC(C)N(C)C(=O)c1cc2ccccc2cc1O. The molecule has 1 atom stereocenters. The number of aromatic hydroxyl groups is 1. The van der Waals surface area contributed by atoms with E-state index in [1.54, 1.807) is 31.2 Å². The Morgan fingerprint density at radius 1 is 1.30 bits per heavy atom. The van der Waals surface area contributed by atoms with Gasteiger partial charge in [-0.3, -0.25) is 4.79 Å². The first-order chi connectivity index (χ1) is 9.54. The van der Waals surface area contributed by atoms with Crippen molar-refractivity contribution in [1.29, 1.82) is 0 Å². The third kappa shape index (κ3) is 2.75. The van der Waals surface area contributed by atoms with Crippen LogP contribution in [0.4, 0.5) is 0 Å². The van der Waals surface area contributed by atoms with E-state index in [4.69, 9.17) is 4.74 Å². The number of rotatable bonds is 4. The van der Waals surface area contributed by atoms with Crippen LogP contribution >= 0.6 is 0 Å². The summed E-state index contributed by atoms with van der Waals surface area (Å²) in [6, 6.07) is 10.9. The van der Waals surface area contributed by atoms with Crippen LogP contribution in [0.15, 0.2) is 36.4 Å². The zero-order valence-electron chi connectivity index (χ0n) is 12.0. The van der Waals surface area contributed by atoms with Crippen LogP contribution in [0.2, 0.25) is 0 Å². The lowest BCUT2D eigenvalue weighted by Gasteiger charge is -2.24. The molecule has 0 saturated carbocycles. The van der Waals surface area contributed by atoms with Gasteiger partial charge >= 0.3 is 0 Å². The van der Waals surface area contributed by atoms with Gasteiger partial charge in [-0.15, -0.1) is 0 Å². The van der Waals surface area contributed by atoms with E-state index in [1.165, 1.54) is 0 Å². The van der Waals surface area contributed by atoms with E-state index in [-0.39, 0.29) is 17.7 Å². The minimum Gasteiger partial charge on any atom is -0.507 e. The molecular weight excluding hydrogens is 254 g/mol. The molecule has 2 rings (SSSR count). The predicted octanol–water partition coefficient (Wildman–Crippen LogP) is 2.65. The first-order valence-electron chi connectivity index (χ1n) is 6.52. The Kier molecular flexibility index (Phi) is 4.25. The van der Waals surface area contributed by atoms with Crippen molar-refractivity contribution in [1.82, 2.24) is 4.90 Å². The molecule has 0 fully saturated rings. The third-order valence-electron chi connectivity index (χ3n) is 3.48. The second kappa shape index (κ2) is 5.92. The maximum absolute atomic E-state index is 12.4. The highest BCUT2D eigenvalue weighted by Gasteiger charge is 2.20. The molecule has 0 radical (unpaired) electrons. The molecule has 2 aromatic rings. The summed E-state index contributed by atoms with van der Waals surface area (Å²) < 4.78 is 5.05. The second-order valence-corrected chi connectivity index (χ2v) is 4.94. The van der Waals surface area contributed by atoms with Crippen molar-refractivity contribution in [2.24, 2.45) is 0 Å². The zero-order valence-corrected chi connectivity index (χ0v) is 12.0. The van der Waals surface area contributed by atoms with Gasteiger partial charge in [0, 0.05) is 14.2 Å². The lowest BCUT2D eigenvalue weighted by atomic mass is 10.0. The summed E-state index contributed by atoms with van der Waals surface area (Å²) in [6.45, 7) is 2.36. The first kappa shape index (κ1) is 14.3. The van der Waals surface area contributed by atoms with Gasteiger partial charge in [0.05, 0.1) is 18.2 Å². The smallest absolute Gasteiger partial charge is 0.257 e. The molecule has 0 spiro atoms. The summed E-state index contributed by atoms with van der Waals surface area (Å²) in [4.78, 5) is 14.0. The van der Waals surface area contributed by atoms with E-state index in [2.05, 4.69) is 0 Å². The van der Waals surface area contributed by atoms with Crippen LogP contribution in [0.25, 0.3) is 10.8 Å². The average molecular weight is 273 g/mol. The highest BCUT2D eigenvalue weighted by molar-refractivity contribution is 6.01. The van der Waals surface area contributed by atoms with E-state index in [0.29, 0.717) is 12.2 Å². The summed E-state index contributed by atoms with van der Waals surface area (Å²) in [7, 11) is 3.31. The van der Waals surface area contributed by atoms with E-state index in [1.807, 2.05) is 31.2 Å². The summed E-state index contributed by atoms with van der Waals surface area (Å²) >= 11 is 0. The van der Waals surface area contributed by atoms with E-state index < -0.39 is 0 Å². The summed E-state index contributed by atoms with van der Waals surface area (Å²) in [5, 5.41) is 11.9. The molecule has 106 valence electrons. The average Bonchev–Trinajstić information content (AvgIpc) is 2.45. The Bertz CT molecular complexity index is 624. The van der Waals surface area contributed by atoms with Crippen LogP contribution in [-0.4, -0.2) is 42.7 Å². The lowest BCUT2D eigenvalue weighted by molar-refractivity contribution is 0.0631. The monoisotopic (exact) mass is 273 g/mol. The molecule has 0 heterocycles. The molecule has 0 aliphatic heterocycles. The molecule has 1 amide bonds. The minimum absolute atomic E-state index is 0.00478. The number of carbonyl (C=O) groups excluding carboxylic acids is 1. The zero-order chi connectivity index (χ0) is 14.7. The molecule has 1 unspecified atom stereocenters. The van der Waals surface area contributed by atoms with Gasteiger partial charge in [-0.1, -0.05) is 24.3 Å². The number of amides is 1. The van der Waals surface area contributed by atoms with Crippen LogP contribution < -0.4 is 0 Å². The maximum atomic E-state index is 12.4. The summed E-state index contributed by atoms with van der Waals surface area (Å²) in [5.41, 5.74) is 0.314. The molecule has 4 heteroatoms. The number of hydrogen-bond donors (Lipinski definition) is 1. The molecule has 20 heavy (non-hydrogen) atoms. The predicted molar refractivity (Wildman–Crippen MR) is 79.0 cm³/mol. The van der Waals surface area contributed by atoms with Gasteiger partial charge in [0.25, 0.3) is 5.91 Å². The van der Waals surface area contributed by atoms with Crippen molar-refractivity contribution >= 4 is 16.7 Å². The van der Waals surface area contributed by atoms with E-state index >= 15 is 0 Å². The molecule has 4 nitrogen and oxygen atoms in total. The number of hydrogen-bond acceptors (Lipinski definition) is 3. The van der Waals surface area contributed by atoms with Gasteiger partial charge in [-0.25, -0.2) is 0 Å². The van der Waals surface area contributed by atoms with Crippen LogP contribution in [0, 0.1) is 0 Å². The van der Waals surface area contributed by atoms with Crippen molar-refractivity contribution in [3.8, 4) is 5.75 Å². The number of carbonyl (C=O) groups is 1. The standard InChI is InChI=1S/C16H19NO3/c1-11(10-20-3)17(2)16(19)14-8-12-6-4-5-7-13(12)9-15(14)18/h4-9,11,18H,10H2,1-3H3. The molecular formula is C16H19NO3. The van der Waals surface area contributed by atoms with Gasteiger partial charge in [0.1, 0.15) is 5.75 Å². The largest absolute Gasteiger partial charge is 0.507 e. The summed E-state index contributed by atoms with van der Waals surface area (Å²) in [5.74, 6) is -0.206. The van der Waals surface area contributed by atoms with Crippen LogP contribution in [0.5, 0.6) is 5.75 Å². The lowest BCUT2D eigenvalue weighted by Crippen LogP contribution is -2.37. The van der Waals surface area contributed by atoms with Crippen LogP contribution in [0.3, 0.4) is 0 Å². The van der Waals surface area contributed by atoms with Gasteiger partial charge in [-0.05, 0) is 29.8 Å². The summed E-state index contributed by atoms with van der Waals surface area (Å²) in [6.07, 6.45) is 0. The number of nitrogens with zero attached hydrogens (tertiary/aromatic N) is 1. The number of phenolic OH excluding ortho intramolecular Hbond substituents is 1. The maximum Gasteiger partial charge on any atom is 0.257 e. The highest BCUT2D eigenvalue weighted by atomic mass is 16.5. The Morgan fingerprint density at radius 3 is 2.50 bits per heavy atom. The Hall–Kier alpha value is -2.07. The first-order valence-corrected chi connectivity index (χ1v) is 6.52. The van der Waals surface area contributed by atoms with Crippen molar-refractivity contribution in [3.63, 3.8) is 0 Å². The van der Waals surface area contributed by atoms with Crippen molar-refractivity contribution < 1.29 is 14.6 Å². The fraction of sp³-hybridized carbons (Fsp3) is 0.312. The van der Waals surface area contributed by atoms with Gasteiger partial charge in [-0.2, -0.15) is 0 Å². The molecule has 2 aromatic carbocycles. The Balaban J connectivity index is 2.36.